The van der Waals surface area contributed by atoms with Crippen LogP contribution in [0.5, 0.6) is 0 Å². The highest BCUT2D eigenvalue weighted by Crippen LogP contribution is 2.61. The molecule has 19 atom stereocenters. The Morgan fingerprint density at radius 2 is 0.752 bits per heavy atom. The number of carboxylic acids is 3. The summed E-state index contributed by atoms with van der Waals surface area (Å²) in [7, 11) is -11.6. The largest absolute Gasteiger partial charge is 0.483 e. The fraction of sp³-hybridized carbons (Fsp3) is 0.663. The lowest BCUT2D eigenvalue weighted by molar-refractivity contribution is -0.331. The van der Waals surface area contributed by atoms with Gasteiger partial charge in [0.25, 0.3) is 0 Å². The first-order valence-electron chi connectivity index (χ1n) is 46.0. The SMILES string of the molecule is CC(=O)N[C@H]1[C@H](O[C@H]2[C@H](OC(C)C(=O)N[C@@H](C)C(=O)N[C@H](CCC(=O)O)C(=O)N[C@H](CCC[C@H](N)C(=O)O)C(=O)N[C@H](C)C(=O)N[C@H](C)C(=O)O)[C@@H](NC(C)=O)C(OP(=O)(O)OP(=O)(O)OC/C=C(\C)CC/C=C(\C)CC/C=C(\C)CC/C=C(\C)CC/C=C(\C)CC/C=C(\C)CC/C=C(\C)CC/C=C(\C)CC/C=C(\C)CC/C=C(\C)CCC=C(C)C)O[C@@H]2CO)O[C@H](CO)[C@@H](O)[C@@H]1O. The highest BCUT2D eigenvalue weighted by Gasteiger charge is 2.55. The zero-order chi connectivity index (χ0) is 100. The van der Waals surface area contributed by atoms with Crippen LogP contribution in [0.1, 0.15) is 285 Å². The van der Waals surface area contributed by atoms with E-state index in [1.54, 1.807) is 6.92 Å². The van der Waals surface area contributed by atoms with E-state index in [9.17, 15) is 103 Å². The summed E-state index contributed by atoms with van der Waals surface area (Å²) in [6.07, 6.45) is 24.8. The minimum atomic E-state index is -5.99. The maximum Gasteiger partial charge on any atom is 0.483 e. The van der Waals surface area contributed by atoms with Gasteiger partial charge in [-0.1, -0.05) is 128 Å². The van der Waals surface area contributed by atoms with Crippen LogP contribution in [-0.4, -0.2) is 228 Å². The summed E-state index contributed by atoms with van der Waals surface area (Å²) < 4.78 is 66.5. The maximum atomic E-state index is 14.3. The third-order valence-electron chi connectivity index (χ3n) is 22.4. The number of amides is 7. The second kappa shape index (κ2) is 63.9. The van der Waals surface area contributed by atoms with Gasteiger partial charge in [-0.3, -0.25) is 57.0 Å². The molecule has 754 valence electrons. The fourth-order valence-corrected chi connectivity index (χ4v) is 16.3. The molecule has 18 N–H and O–H groups in total. The van der Waals surface area contributed by atoms with Crippen molar-refractivity contribution in [1.82, 2.24) is 37.2 Å². The monoisotopic (exact) mass is 1920 g/mol. The third kappa shape index (κ3) is 51.5. The topological polar surface area (TPSA) is 562 Å². The lowest BCUT2D eigenvalue weighted by Gasteiger charge is -2.49. The number of ether oxygens (including phenoxy) is 4. The van der Waals surface area contributed by atoms with Crippen molar-refractivity contribution in [3.05, 3.63) is 128 Å². The van der Waals surface area contributed by atoms with Crippen LogP contribution in [0.15, 0.2) is 128 Å². The molecule has 2 aliphatic rings. The van der Waals surface area contributed by atoms with Gasteiger partial charge >= 0.3 is 33.6 Å². The van der Waals surface area contributed by atoms with E-state index in [0.717, 1.165) is 156 Å². The van der Waals surface area contributed by atoms with Crippen molar-refractivity contribution < 1.29 is 135 Å². The molecule has 0 saturated carbocycles. The predicted octanol–water partition coefficient (Wildman–Crippen LogP) is 11.8. The molecule has 4 unspecified atom stereocenters. The molecule has 0 aromatic carbocycles. The first-order chi connectivity index (χ1) is 62.4. The molecule has 38 heteroatoms. The normalized spacial score (nSPS) is 22.4. The van der Waals surface area contributed by atoms with E-state index in [4.69, 9.17) is 33.7 Å². The minimum Gasteiger partial charge on any atom is -0.481 e. The average Bonchev–Trinajstić information content (AvgIpc) is 0.764. The molecule has 36 nitrogen and oxygen atoms in total. The van der Waals surface area contributed by atoms with Crippen LogP contribution in [0.25, 0.3) is 0 Å². The number of carbonyl (C=O) groups excluding carboxylic acids is 7. The first-order valence-corrected chi connectivity index (χ1v) is 49.0. The quantitative estimate of drug-likeness (QED) is 0.0199. The highest BCUT2D eigenvalue weighted by atomic mass is 31.3. The summed E-state index contributed by atoms with van der Waals surface area (Å²) in [5, 5.41) is 87.5. The van der Waals surface area contributed by atoms with Crippen LogP contribution in [0, 0.1) is 0 Å². The minimum absolute atomic E-state index is 0.147. The summed E-state index contributed by atoms with van der Waals surface area (Å²) in [5.74, 6) is -11.8. The van der Waals surface area contributed by atoms with Gasteiger partial charge in [0, 0.05) is 20.3 Å². The van der Waals surface area contributed by atoms with Gasteiger partial charge in [-0.25, -0.2) is 9.13 Å². The molecule has 0 aromatic heterocycles. The van der Waals surface area contributed by atoms with Gasteiger partial charge in [0.05, 0.1) is 19.8 Å². The number of carboxylic acid groups (broad SMARTS) is 3. The summed E-state index contributed by atoms with van der Waals surface area (Å²) in [4.78, 5) is 151. The predicted molar refractivity (Wildman–Crippen MR) is 506 cm³/mol. The Kier molecular flexibility index (Phi) is 58.1. The molecule has 7 amide bonds. The van der Waals surface area contributed by atoms with Crippen molar-refractivity contribution in [3.8, 4) is 0 Å². The number of nitrogens with two attached hydrogens (primary N) is 1. The molecule has 0 spiro atoms. The van der Waals surface area contributed by atoms with Gasteiger partial charge in [-0.05, 0) is 265 Å². The smallest absolute Gasteiger partial charge is 0.481 e. The van der Waals surface area contributed by atoms with Crippen molar-refractivity contribution in [1.29, 1.82) is 0 Å². The van der Waals surface area contributed by atoms with E-state index in [1.165, 1.54) is 63.2 Å². The Balaban J connectivity index is 2.15. The van der Waals surface area contributed by atoms with Crippen molar-refractivity contribution in [2.75, 3.05) is 19.8 Å². The lowest BCUT2D eigenvalue weighted by Crippen LogP contribution is -2.70. The summed E-state index contributed by atoms with van der Waals surface area (Å²) in [5.41, 5.74) is 20.3. The number of aliphatic hydroxyl groups excluding tert-OH is 4. The fourth-order valence-electron chi connectivity index (χ4n) is 14.2. The first kappa shape index (κ1) is 121. The number of aliphatic hydroxyl groups is 4. The second-order valence-corrected chi connectivity index (χ2v) is 38.3. The summed E-state index contributed by atoms with van der Waals surface area (Å²) in [6.45, 7) is 29.5. The molecule has 2 fully saturated rings. The van der Waals surface area contributed by atoms with E-state index < -0.39 is 211 Å². The molecule has 2 heterocycles. The second-order valence-electron chi connectivity index (χ2n) is 35.3. The van der Waals surface area contributed by atoms with Crippen LogP contribution in [0.4, 0.5) is 0 Å². The third-order valence-corrected chi connectivity index (χ3v) is 25.0. The van der Waals surface area contributed by atoms with Gasteiger partial charge in [-0.2, -0.15) is 4.31 Å². The molecular formula is C95H156N8O28P2. The molecule has 0 radical (unpaired) electrons. The van der Waals surface area contributed by atoms with Crippen molar-refractivity contribution in [2.24, 2.45) is 5.73 Å². The number of hydrogen-bond donors (Lipinski definition) is 17. The standard InChI is InChI=1S/C95H156N8O28P2/c1-58(2)30-19-31-59(3)32-20-33-60(4)34-21-35-61(5)36-22-37-62(6)38-23-39-63(7)40-24-41-64(8)42-25-43-65(9)44-26-45-66(10)46-27-47-67(11)48-28-49-68(12)54-55-125-132(121,122)131-133(123,124)130-95-82(101-74(18)107)86(85(79(57-105)128-95)129-94-81(100-73(17)106)84(111)83(110)78(56-104)127-94)126-72(16)89(114)97-70(14)88(113)102-77(52-53-80(108)109)91(116)103-76(51-29-50-75(96)93(119)120)90(115)98-69(13)87(112)99-71(15)92(117)118/h30,32,34,36,38,40,42,44,46,48,54,69-72,75-79,81-86,94-95,104-105,110-111H,19-29,31,33,35,37,39,41,43,45,47,49-53,55-57,96H2,1-18H3,(H,97,114)(H,98,115)(H,99,112)(H,100,106)(H,101,107)(H,102,113)(H,103,116)(H,108,109)(H,117,118)(H,119,120)(H,121,122)(H,123,124)/b59-32+,60-34+,61-36+,62-38+,63-40+,64-42+,65-44+,66-46+,67-48+,68-54+/t69-,70+,71-,72?,75+,76-,77-,78-,79-,81-,82-,83-,84-,85-,86-,94+,95?/m1/s1. The van der Waals surface area contributed by atoms with Crippen LogP contribution in [0.3, 0.4) is 0 Å². The number of nitrogens with one attached hydrogen (secondary N) is 7. The number of carbonyl (C=O) groups is 10. The molecule has 133 heavy (non-hydrogen) atoms. The maximum absolute atomic E-state index is 14.3. The zero-order valence-corrected chi connectivity index (χ0v) is 83.0. The van der Waals surface area contributed by atoms with Crippen LogP contribution in [0.2, 0.25) is 0 Å². The Morgan fingerprint density at radius 1 is 0.398 bits per heavy atom. The molecule has 2 saturated heterocycles. The lowest BCUT2D eigenvalue weighted by atomic mass is 9.94. The van der Waals surface area contributed by atoms with Crippen LogP contribution in [-0.2, 0) is 89.4 Å². The number of phosphoric ester groups is 2. The molecule has 2 aliphatic heterocycles. The van der Waals surface area contributed by atoms with Crippen molar-refractivity contribution in [3.63, 3.8) is 0 Å². The van der Waals surface area contributed by atoms with E-state index in [-0.39, 0.29) is 19.3 Å². The van der Waals surface area contributed by atoms with Gasteiger partial charge in [0.2, 0.25) is 41.4 Å². The Bertz CT molecular complexity index is 4220. The number of hydrogen-bond acceptors (Lipinski definition) is 24. The van der Waals surface area contributed by atoms with Gasteiger partial charge in [0.1, 0.15) is 91.1 Å². The van der Waals surface area contributed by atoms with E-state index >= 15 is 0 Å². The molecule has 0 aromatic rings. The average molecular weight is 1920 g/mol. The van der Waals surface area contributed by atoms with Crippen molar-refractivity contribution >= 4 is 74.9 Å². The van der Waals surface area contributed by atoms with E-state index in [2.05, 4.69) is 172 Å². The molecule has 0 aliphatic carbocycles. The molecule has 0 bridgehead atoms. The summed E-state index contributed by atoms with van der Waals surface area (Å²) in [6, 6.07) is -13.2. The molecule has 2 rings (SSSR count). The Morgan fingerprint density at radius 3 is 1.14 bits per heavy atom. The van der Waals surface area contributed by atoms with E-state index in [0.29, 0.717) is 18.4 Å². The van der Waals surface area contributed by atoms with Gasteiger partial charge < -0.3 is 107 Å². The van der Waals surface area contributed by atoms with Crippen molar-refractivity contribution in [2.45, 2.75) is 389 Å². The number of phosphoric acid groups is 2. The van der Waals surface area contributed by atoms with E-state index in [1.807, 2.05) is 6.92 Å². The van der Waals surface area contributed by atoms with Gasteiger partial charge in [0.15, 0.2) is 12.6 Å². The Hall–Kier alpha value is -8.26. The summed E-state index contributed by atoms with van der Waals surface area (Å²) >= 11 is 0. The van der Waals surface area contributed by atoms with Crippen LogP contribution >= 0.6 is 15.6 Å². The van der Waals surface area contributed by atoms with Crippen LogP contribution < -0.4 is 43.0 Å². The van der Waals surface area contributed by atoms with Gasteiger partial charge in [-0.15, -0.1) is 0 Å². The Labute approximate surface area is 785 Å². The highest BCUT2D eigenvalue weighted by molar-refractivity contribution is 7.61. The number of aliphatic carboxylic acids is 3. The zero-order valence-electron chi connectivity index (χ0n) is 81.2. The molecular weight excluding hydrogens is 1760 g/mol. The number of rotatable bonds is 64. The number of allylic oxidation sites excluding steroid dienone is 21.